The van der Waals surface area contributed by atoms with Crippen LogP contribution in [0.2, 0.25) is 0 Å². The van der Waals surface area contributed by atoms with Crippen LogP contribution in [0.15, 0.2) is 35.7 Å². The van der Waals surface area contributed by atoms with Gasteiger partial charge in [-0.05, 0) is 24.3 Å². The van der Waals surface area contributed by atoms with Gasteiger partial charge in [0.2, 0.25) is 0 Å². The van der Waals surface area contributed by atoms with Crippen molar-refractivity contribution in [3.63, 3.8) is 0 Å². The summed E-state index contributed by atoms with van der Waals surface area (Å²) in [5.74, 6) is 0.626. The first-order chi connectivity index (χ1) is 11.7. The molecule has 2 aromatic rings. The summed E-state index contributed by atoms with van der Waals surface area (Å²) in [5.41, 5.74) is 2.55. The molecular formula is C20H28N2OS. The van der Waals surface area contributed by atoms with Crippen molar-refractivity contribution in [3.05, 3.63) is 52.0 Å². The Balaban J connectivity index is 1.44. The van der Waals surface area contributed by atoms with Gasteiger partial charge in [-0.15, -0.1) is 11.3 Å². The molecule has 3 nitrogen and oxygen atoms in total. The van der Waals surface area contributed by atoms with Crippen molar-refractivity contribution in [1.82, 2.24) is 9.88 Å². The molecule has 130 valence electrons. The van der Waals surface area contributed by atoms with Crippen LogP contribution in [0.1, 0.15) is 43.0 Å². The summed E-state index contributed by atoms with van der Waals surface area (Å²) in [6.07, 6.45) is 3.69. The van der Waals surface area contributed by atoms with Crippen LogP contribution in [0, 0.1) is 5.92 Å². The molecule has 1 aromatic carbocycles. The summed E-state index contributed by atoms with van der Waals surface area (Å²) in [6.45, 7) is 8.53. The smallest absolute Gasteiger partial charge is 0.0972 e. The highest BCUT2D eigenvalue weighted by molar-refractivity contribution is 7.09. The minimum absolute atomic E-state index is 0.452. The number of likely N-dealkylation sites (tertiary alicyclic amines) is 1. The lowest BCUT2D eigenvalue weighted by Crippen LogP contribution is -2.37. The van der Waals surface area contributed by atoms with E-state index in [1.165, 1.54) is 16.3 Å². The third-order valence-electron chi connectivity index (χ3n) is 4.38. The molecule has 0 saturated carbocycles. The molecule has 0 radical (unpaired) electrons. The second-order valence-electron chi connectivity index (χ2n) is 7.10. The van der Waals surface area contributed by atoms with Crippen molar-refractivity contribution < 1.29 is 4.74 Å². The summed E-state index contributed by atoms with van der Waals surface area (Å²) in [4.78, 5) is 7.33. The first-order valence-corrected chi connectivity index (χ1v) is 9.88. The third-order valence-corrected chi connectivity index (χ3v) is 5.28. The average molecular weight is 345 g/mol. The van der Waals surface area contributed by atoms with Crippen molar-refractivity contribution in [1.29, 1.82) is 0 Å². The predicted molar refractivity (Wildman–Crippen MR) is 100 cm³/mol. The van der Waals surface area contributed by atoms with E-state index >= 15 is 0 Å². The number of ether oxygens (including phenoxy) is 1. The van der Waals surface area contributed by atoms with E-state index in [-0.39, 0.29) is 0 Å². The molecule has 0 N–H and O–H groups in total. The highest BCUT2D eigenvalue weighted by Gasteiger charge is 2.20. The molecule has 0 unspecified atom stereocenters. The summed E-state index contributed by atoms with van der Waals surface area (Å²) in [5, 5.41) is 3.44. The number of benzene rings is 1. The predicted octanol–water partition coefficient (Wildman–Crippen LogP) is 4.37. The van der Waals surface area contributed by atoms with Crippen molar-refractivity contribution in [2.75, 3.05) is 19.7 Å². The fourth-order valence-corrected chi connectivity index (χ4v) is 3.88. The molecule has 1 fully saturated rings. The number of aromatic nitrogens is 1. The number of piperidine rings is 1. The van der Waals surface area contributed by atoms with Gasteiger partial charge in [-0.25, -0.2) is 4.98 Å². The van der Waals surface area contributed by atoms with Crippen LogP contribution in [0.25, 0.3) is 0 Å². The molecule has 1 aliphatic rings. The zero-order chi connectivity index (χ0) is 16.8. The second-order valence-corrected chi connectivity index (χ2v) is 8.04. The van der Waals surface area contributed by atoms with Gasteiger partial charge in [0.25, 0.3) is 0 Å². The Morgan fingerprint density at radius 2 is 1.96 bits per heavy atom. The van der Waals surface area contributed by atoms with Crippen LogP contribution in [-0.4, -0.2) is 35.7 Å². The quantitative estimate of drug-likeness (QED) is 0.746. The zero-order valence-corrected chi connectivity index (χ0v) is 15.6. The molecule has 0 aliphatic carbocycles. The Morgan fingerprint density at radius 1 is 1.21 bits per heavy atom. The van der Waals surface area contributed by atoms with Crippen molar-refractivity contribution in [2.24, 2.45) is 5.92 Å². The fourth-order valence-electron chi connectivity index (χ4n) is 3.06. The third kappa shape index (κ3) is 5.40. The average Bonchev–Trinajstić information content (AvgIpc) is 3.02. The highest BCUT2D eigenvalue weighted by Crippen LogP contribution is 2.19. The summed E-state index contributed by atoms with van der Waals surface area (Å²) in [7, 11) is 0. The van der Waals surface area contributed by atoms with E-state index in [0.717, 1.165) is 45.5 Å². The van der Waals surface area contributed by atoms with Crippen molar-refractivity contribution in [2.45, 2.75) is 45.8 Å². The normalized spacial score (nSPS) is 16.8. The van der Waals surface area contributed by atoms with E-state index in [9.17, 15) is 0 Å². The van der Waals surface area contributed by atoms with E-state index in [1.54, 1.807) is 11.3 Å². The molecule has 4 heteroatoms. The standard InChI is InChI=1S/C20H28N2OS/c1-16(2)14-23-19-8-10-22(11-9-19)13-18-15-24-20(21-18)12-17-6-4-3-5-7-17/h3-7,15-16,19H,8-14H2,1-2H3. The van der Waals surface area contributed by atoms with Gasteiger partial charge in [0.1, 0.15) is 0 Å². The summed E-state index contributed by atoms with van der Waals surface area (Å²) >= 11 is 1.78. The Kier molecular flexibility index (Phi) is 6.41. The molecule has 0 atom stereocenters. The molecular weight excluding hydrogens is 316 g/mol. The maximum atomic E-state index is 5.97. The van der Waals surface area contributed by atoms with Gasteiger partial charge in [0.05, 0.1) is 16.8 Å². The Morgan fingerprint density at radius 3 is 2.67 bits per heavy atom. The Hall–Kier alpha value is -1.23. The first kappa shape index (κ1) is 17.6. The summed E-state index contributed by atoms with van der Waals surface area (Å²) in [6, 6.07) is 10.6. The molecule has 0 bridgehead atoms. The molecule has 1 saturated heterocycles. The van der Waals surface area contributed by atoms with Crippen LogP contribution in [0.3, 0.4) is 0 Å². The van der Waals surface area contributed by atoms with Crippen LogP contribution in [0.5, 0.6) is 0 Å². The first-order valence-electron chi connectivity index (χ1n) is 9.00. The molecule has 0 amide bonds. The number of hydrogen-bond acceptors (Lipinski definition) is 4. The maximum absolute atomic E-state index is 5.97. The zero-order valence-electron chi connectivity index (χ0n) is 14.8. The van der Waals surface area contributed by atoms with Gasteiger partial charge in [-0.2, -0.15) is 0 Å². The number of thiazole rings is 1. The number of rotatable bonds is 7. The topological polar surface area (TPSA) is 25.4 Å². The van der Waals surface area contributed by atoms with Crippen molar-refractivity contribution >= 4 is 11.3 Å². The van der Waals surface area contributed by atoms with Crippen LogP contribution in [-0.2, 0) is 17.7 Å². The molecule has 1 aromatic heterocycles. The molecule has 24 heavy (non-hydrogen) atoms. The van der Waals surface area contributed by atoms with Gasteiger partial charge in [0, 0.05) is 38.0 Å². The molecule has 1 aliphatic heterocycles. The van der Waals surface area contributed by atoms with Gasteiger partial charge in [-0.1, -0.05) is 44.2 Å². The van der Waals surface area contributed by atoms with E-state index in [0.29, 0.717) is 12.0 Å². The molecule has 3 rings (SSSR count). The number of nitrogens with zero attached hydrogens (tertiary/aromatic N) is 2. The van der Waals surface area contributed by atoms with E-state index < -0.39 is 0 Å². The number of hydrogen-bond donors (Lipinski definition) is 0. The maximum Gasteiger partial charge on any atom is 0.0972 e. The van der Waals surface area contributed by atoms with Crippen LogP contribution < -0.4 is 0 Å². The SMILES string of the molecule is CC(C)COC1CCN(Cc2csc(Cc3ccccc3)n2)CC1. The lowest BCUT2D eigenvalue weighted by atomic mass is 10.1. The highest BCUT2D eigenvalue weighted by atomic mass is 32.1. The minimum atomic E-state index is 0.452. The van der Waals surface area contributed by atoms with Crippen molar-refractivity contribution in [3.8, 4) is 0 Å². The lowest BCUT2D eigenvalue weighted by Gasteiger charge is -2.31. The molecule has 2 heterocycles. The Labute approximate surface area is 149 Å². The van der Waals surface area contributed by atoms with Gasteiger partial charge in [0.15, 0.2) is 0 Å². The van der Waals surface area contributed by atoms with Gasteiger partial charge >= 0.3 is 0 Å². The van der Waals surface area contributed by atoms with Crippen LogP contribution in [0.4, 0.5) is 0 Å². The lowest BCUT2D eigenvalue weighted by molar-refractivity contribution is -0.00601. The van der Waals surface area contributed by atoms with E-state index in [2.05, 4.69) is 54.5 Å². The monoisotopic (exact) mass is 344 g/mol. The van der Waals surface area contributed by atoms with Gasteiger partial charge < -0.3 is 4.74 Å². The Bertz CT molecular complexity index is 603. The van der Waals surface area contributed by atoms with E-state index in [1.807, 2.05) is 0 Å². The summed E-state index contributed by atoms with van der Waals surface area (Å²) < 4.78 is 5.97. The fraction of sp³-hybridized carbons (Fsp3) is 0.550. The largest absolute Gasteiger partial charge is 0.378 e. The van der Waals surface area contributed by atoms with E-state index in [4.69, 9.17) is 9.72 Å². The van der Waals surface area contributed by atoms with Crippen LogP contribution >= 0.6 is 11.3 Å². The van der Waals surface area contributed by atoms with Gasteiger partial charge in [-0.3, -0.25) is 4.90 Å². The molecule has 0 spiro atoms. The minimum Gasteiger partial charge on any atom is -0.378 e. The second kappa shape index (κ2) is 8.75.